The summed E-state index contributed by atoms with van der Waals surface area (Å²) >= 11 is 1.13. The maximum absolute atomic E-state index is 12.1. The van der Waals surface area contributed by atoms with Gasteiger partial charge >= 0.3 is 0 Å². The van der Waals surface area contributed by atoms with Crippen molar-refractivity contribution in [1.29, 1.82) is 0 Å². The van der Waals surface area contributed by atoms with Crippen LogP contribution in [0.15, 0.2) is 11.0 Å². The molecule has 1 amide bonds. The second-order valence-electron chi connectivity index (χ2n) is 5.05. The first-order valence-corrected chi connectivity index (χ1v) is 9.90. The molecule has 0 radical (unpaired) electrons. The van der Waals surface area contributed by atoms with Crippen LogP contribution < -0.4 is 5.32 Å². The van der Waals surface area contributed by atoms with Crippen LogP contribution in [-0.2, 0) is 13.8 Å². The lowest BCUT2D eigenvalue weighted by molar-refractivity contribution is 0.0828. The molecule has 0 saturated carbocycles. The molecule has 0 aliphatic carbocycles. The van der Waals surface area contributed by atoms with Crippen LogP contribution in [-0.4, -0.2) is 33.6 Å². The van der Waals surface area contributed by atoms with Gasteiger partial charge in [-0.3, -0.25) is 4.79 Å². The number of carbonyl (C=O) groups excluding carboxylic acids is 1. The molecule has 2 atom stereocenters. The van der Waals surface area contributed by atoms with Gasteiger partial charge in [0.05, 0.1) is 15.9 Å². The van der Waals surface area contributed by atoms with Gasteiger partial charge in [0.25, 0.3) is 15.0 Å². The molecule has 1 fully saturated rings. The van der Waals surface area contributed by atoms with Crippen LogP contribution in [0.5, 0.6) is 0 Å². The summed E-state index contributed by atoms with van der Waals surface area (Å²) in [5, 5.41) is 2.85. The number of hydrogen-bond donors (Lipinski definition) is 1. The Morgan fingerprint density at radius 1 is 1.57 bits per heavy atom. The van der Waals surface area contributed by atoms with Crippen LogP contribution in [0.25, 0.3) is 0 Å². The van der Waals surface area contributed by atoms with Gasteiger partial charge in [0, 0.05) is 34.6 Å². The fourth-order valence-electron chi connectivity index (χ4n) is 2.51. The van der Waals surface area contributed by atoms with Gasteiger partial charge < -0.3 is 10.1 Å². The molecule has 2 rings (SSSR count). The van der Waals surface area contributed by atoms with Crippen molar-refractivity contribution in [1.82, 2.24) is 5.32 Å². The molecule has 1 aromatic heterocycles. The predicted molar refractivity (Wildman–Crippen MR) is 82.6 cm³/mol. The molecule has 0 aromatic carbocycles. The first-order valence-electron chi connectivity index (χ1n) is 6.77. The highest BCUT2D eigenvalue weighted by Crippen LogP contribution is 2.28. The first-order chi connectivity index (χ1) is 9.82. The fraction of sp³-hybridized carbons (Fsp3) is 0.615. The lowest BCUT2D eigenvalue weighted by Crippen LogP contribution is -2.32. The van der Waals surface area contributed by atoms with Gasteiger partial charge in [-0.05, 0) is 25.8 Å². The predicted octanol–water partition coefficient (Wildman–Crippen LogP) is 2.53. The minimum atomic E-state index is -3.81. The van der Waals surface area contributed by atoms with Crippen LogP contribution in [0.1, 0.15) is 34.3 Å². The molecule has 5 nitrogen and oxygen atoms in total. The van der Waals surface area contributed by atoms with Gasteiger partial charge in [-0.25, -0.2) is 8.42 Å². The summed E-state index contributed by atoms with van der Waals surface area (Å²) in [6.45, 7) is 4.96. The molecule has 0 spiro atoms. The molecule has 2 unspecified atom stereocenters. The first kappa shape index (κ1) is 16.7. The Labute approximate surface area is 133 Å². The SMILES string of the molecule is CCC1OCCC1CNC(=O)c1cc(S(=O)(=O)Cl)c(C)s1. The van der Waals surface area contributed by atoms with Gasteiger partial charge in [0.1, 0.15) is 0 Å². The van der Waals surface area contributed by atoms with Gasteiger partial charge in [-0.2, -0.15) is 0 Å². The third kappa shape index (κ3) is 3.97. The summed E-state index contributed by atoms with van der Waals surface area (Å²) in [6, 6.07) is 1.33. The zero-order valence-corrected chi connectivity index (χ0v) is 14.3. The summed E-state index contributed by atoms with van der Waals surface area (Å²) in [6.07, 6.45) is 2.05. The number of thiophene rings is 1. The van der Waals surface area contributed by atoms with E-state index in [0.29, 0.717) is 22.2 Å². The highest BCUT2D eigenvalue weighted by Gasteiger charge is 2.27. The Hall–Kier alpha value is -0.630. The minimum Gasteiger partial charge on any atom is -0.378 e. The number of hydrogen-bond acceptors (Lipinski definition) is 5. The Bertz CT molecular complexity index is 626. The van der Waals surface area contributed by atoms with E-state index in [1.807, 2.05) is 0 Å². The minimum absolute atomic E-state index is 0.00921. The van der Waals surface area contributed by atoms with Crippen LogP contribution in [0, 0.1) is 12.8 Å². The third-order valence-corrected chi connectivity index (χ3v) is 6.26. The van der Waals surface area contributed by atoms with Crippen LogP contribution in [0.2, 0.25) is 0 Å². The Kier molecular flexibility index (Phi) is 5.29. The number of carbonyl (C=O) groups is 1. The summed E-state index contributed by atoms with van der Waals surface area (Å²) in [4.78, 5) is 13.0. The monoisotopic (exact) mass is 351 g/mol. The average molecular weight is 352 g/mol. The van der Waals surface area contributed by atoms with Crippen molar-refractivity contribution in [3.8, 4) is 0 Å². The van der Waals surface area contributed by atoms with Crippen molar-refractivity contribution < 1.29 is 17.9 Å². The molecule has 21 heavy (non-hydrogen) atoms. The normalized spacial score (nSPS) is 22.4. The number of nitrogens with one attached hydrogen (secondary N) is 1. The number of amides is 1. The zero-order valence-electron chi connectivity index (χ0n) is 11.9. The largest absolute Gasteiger partial charge is 0.378 e. The molecule has 118 valence electrons. The van der Waals surface area contributed by atoms with Crippen molar-refractivity contribution in [2.24, 2.45) is 5.92 Å². The molecule has 1 aliphatic rings. The molecule has 1 saturated heterocycles. The quantitative estimate of drug-likeness (QED) is 0.827. The Morgan fingerprint density at radius 3 is 2.86 bits per heavy atom. The van der Waals surface area contributed by atoms with Crippen LogP contribution >= 0.6 is 22.0 Å². The van der Waals surface area contributed by atoms with Crippen molar-refractivity contribution in [3.05, 3.63) is 15.8 Å². The third-order valence-electron chi connectivity index (χ3n) is 3.63. The summed E-state index contributed by atoms with van der Waals surface area (Å²) in [7, 11) is 1.52. The van der Waals surface area contributed by atoms with Gasteiger partial charge in [0.15, 0.2) is 0 Å². The topological polar surface area (TPSA) is 72.5 Å². The van der Waals surface area contributed by atoms with Crippen molar-refractivity contribution in [2.75, 3.05) is 13.2 Å². The van der Waals surface area contributed by atoms with E-state index >= 15 is 0 Å². The maximum Gasteiger partial charge on any atom is 0.262 e. The van der Waals surface area contributed by atoms with Gasteiger partial charge in [-0.15, -0.1) is 11.3 Å². The number of aryl methyl sites for hydroxylation is 1. The van der Waals surface area contributed by atoms with Gasteiger partial charge in [0.2, 0.25) is 0 Å². The van der Waals surface area contributed by atoms with E-state index in [1.54, 1.807) is 6.92 Å². The Balaban J connectivity index is 2.01. The fourth-order valence-corrected chi connectivity index (χ4v) is 5.09. The van der Waals surface area contributed by atoms with E-state index in [9.17, 15) is 13.2 Å². The van der Waals surface area contributed by atoms with Crippen LogP contribution in [0.3, 0.4) is 0 Å². The standard InChI is InChI=1S/C13H18ClNO4S2/c1-3-10-9(4-5-19-10)7-15-13(16)11-6-12(8(2)20-11)21(14,17)18/h6,9-10H,3-5,7H2,1-2H3,(H,15,16). The number of halogens is 1. The highest BCUT2D eigenvalue weighted by atomic mass is 35.7. The van der Waals surface area contributed by atoms with E-state index in [-0.39, 0.29) is 16.9 Å². The van der Waals surface area contributed by atoms with Crippen molar-refractivity contribution in [2.45, 2.75) is 37.7 Å². The van der Waals surface area contributed by atoms with Crippen molar-refractivity contribution in [3.63, 3.8) is 0 Å². The molecule has 2 heterocycles. The van der Waals surface area contributed by atoms with E-state index in [2.05, 4.69) is 12.2 Å². The van der Waals surface area contributed by atoms with Crippen LogP contribution in [0.4, 0.5) is 0 Å². The average Bonchev–Trinajstić information content (AvgIpc) is 3.00. The van der Waals surface area contributed by atoms with Crippen molar-refractivity contribution >= 4 is 37.0 Å². The molecule has 8 heteroatoms. The molecule has 0 bridgehead atoms. The Morgan fingerprint density at radius 2 is 2.29 bits per heavy atom. The van der Waals surface area contributed by atoms with Gasteiger partial charge in [-0.1, -0.05) is 6.92 Å². The highest BCUT2D eigenvalue weighted by molar-refractivity contribution is 8.13. The van der Waals surface area contributed by atoms with E-state index in [4.69, 9.17) is 15.4 Å². The molecular formula is C13H18ClNO4S2. The smallest absolute Gasteiger partial charge is 0.262 e. The number of rotatable bonds is 5. The summed E-state index contributed by atoms with van der Waals surface area (Å²) in [5.41, 5.74) is 0. The molecular weight excluding hydrogens is 334 g/mol. The molecule has 1 aliphatic heterocycles. The van der Waals surface area contributed by atoms with E-state index < -0.39 is 9.05 Å². The zero-order chi connectivity index (χ0) is 15.6. The summed E-state index contributed by atoms with van der Waals surface area (Å²) < 4.78 is 28.3. The lowest BCUT2D eigenvalue weighted by atomic mass is 10.00. The number of ether oxygens (including phenoxy) is 1. The van der Waals surface area contributed by atoms with E-state index in [1.165, 1.54) is 6.07 Å². The second-order valence-corrected chi connectivity index (χ2v) is 8.84. The second kappa shape index (κ2) is 6.64. The lowest BCUT2D eigenvalue weighted by Gasteiger charge is -2.16. The molecule has 1 N–H and O–H groups in total. The summed E-state index contributed by atoms with van der Waals surface area (Å²) in [5.74, 6) is 0.0488. The molecule has 1 aromatic rings. The maximum atomic E-state index is 12.1. The van der Waals surface area contributed by atoms with E-state index in [0.717, 1.165) is 30.8 Å².